The number of nitrogens with zero attached hydrogens (tertiary/aromatic N) is 1. The molecule has 0 atom stereocenters. The summed E-state index contributed by atoms with van der Waals surface area (Å²) in [6, 6.07) is 6.40. The summed E-state index contributed by atoms with van der Waals surface area (Å²) in [5.41, 5.74) is 6.89. The van der Waals surface area contributed by atoms with E-state index in [2.05, 4.69) is 0 Å². The van der Waals surface area contributed by atoms with Crippen LogP contribution in [0.25, 0.3) is 11.1 Å². The third-order valence-corrected chi connectivity index (χ3v) is 6.12. The summed E-state index contributed by atoms with van der Waals surface area (Å²) in [5.74, 6) is 1.18. The Morgan fingerprint density at radius 3 is 2.60 bits per heavy atom. The topological polar surface area (TPSA) is 91.4 Å². The van der Waals surface area contributed by atoms with Gasteiger partial charge in [-0.2, -0.15) is 0 Å². The lowest BCUT2D eigenvalue weighted by Gasteiger charge is -2.14. The quantitative estimate of drug-likeness (QED) is 0.851. The number of aromatic nitrogens is 1. The number of hydrogen-bond acceptors (Lipinski definition) is 5. The number of nitrogen functional groups attached to an aromatic ring is 1. The molecular weight excluding hydrogens is 340 g/mol. The molecular formula is C18H22N2O4S. The number of hydrogen-bond donors (Lipinski definition) is 1. The lowest BCUT2D eigenvalue weighted by Crippen LogP contribution is -2.19. The fraction of sp³-hybridized carbons (Fsp3) is 0.389. The Bertz CT molecular complexity index is 933. The summed E-state index contributed by atoms with van der Waals surface area (Å²) in [4.78, 5) is 12.1. The van der Waals surface area contributed by atoms with Crippen molar-refractivity contribution in [1.29, 1.82) is 0 Å². The van der Waals surface area contributed by atoms with Crippen LogP contribution in [0.15, 0.2) is 40.2 Å². The van der Waals surface area contributed by atoms with Crippen molar-refractivity contribution in [2.45, 2.75) is 24.7 Å². The summed E-state index contributed by atoms with van der Waals surface area (Å²) < 4.78 is 31.8. The Hall–Kier alpha value is -2.28. The summed E-state index contributed by atoms with van der Waals surface area (Å²) in [7, 11) is -1.74. The first-order chi connectivity index (χ1) is 11.8. The van der Waals surface area contributed by atoms with E-state index in [0.29, 0.717) is 29.4 Å². The lowest BCUT2D eigenvalue weighted by molar-refractivity contribution is 0.301. The number of pyridine rings is 1. The van der Waals surface area contributed by atoms with Crippen LogP contribution in [0.3, 0.4) is 0 Å². The molecule has 0 amide bonds. The number of sulfone groups is 1. The Kier molecular flexibility index (Phi) is 4.60. The van der Waals surface area contributed by atoms with E-state index in [9.17, 15) is 13.2 Å². The van der Waals surface area contributed by atoms with Gasteiger partial charge in [0.25, 0.3) is 5.56 Å². The molecule has 0 unspecified atom stereocenters. The minimum absolute atomic E-state index is 0.0180. The van der Waals surface area contributed by atoms with E-state index in [1.807, 2.05) is 0 Å². The predicted octanol–water partition coefficient (Wildman–Crippen LogP) is 2.22. The second-order valence-corrected chi connectivity index (χ2v) is 8.69. The van der Waals surface area contributed by atoms with E-state index in [-0.39, 0.29) is 21.9 Å². The summed E-state index contributed by atoms with van der Waals surface area (Å²) >= 11 is 0. The van der Waals surface area contributed by atoms with Crippen LogP contribution in [0.5, 0.6) is 5.75 Å². The number of anilines is 1. The highest BCUT2D eigenvalue weighted by Crippen LogP contribution is 2.35. The molecule has 1 heterocycles. The van der Waals surface area contributed by atoms with Crippen LogP contribution < -0.4 is 16.0 Å². The van der Waals surface area contributed by atoms with Crippen molar-refractivity contribution >= 4 is 15.5 Å². The highest BCUT2D eigenvalue weighted by molar-refractivity contribution is 7.91. The van der Waals surface area contributed by atoms with E-state index in [4.69, 9.17) is 10.5 Å². The maximum Gasteiger partial charge on any atom is 0.273 e. The molecule has 0 bridgehead atoms. The van der Waals surface area contributed by atoms with E-state index < -0.39 is 9.84 Å². The third kappa shape index (κ3) is 3.71. The molecule has 6 nitrogen and oxygen atoms in total. The summed E-state index contributed by atoms with van der Waals surface area (Å²) in [6.07, 6.45) is 3.95. The van der Waals surface area contributed by atoms with Gasteiger partial charge < -0.3 is 15.0 Å². The second-order valence-electron chi connectivity index (χ2n) is 6.42. The fourth-order valence-electron chi connectivity index (χ4n) is 2.60. The normalized spacial score (nSPS) is 14.5. The molecule has 1 aromatic heterocycles. The SMILES string of the molecule is CCS(=O)(=O)c1ccc(OCC2CC2)c(-c2cc(N)c(=O)n(C)c2)c1. The number of aryl methyl sites for hydroxylation is 1. The van der Waals surface area contributed by atoms with Crippen LogP contribution in [0.1, 0.15) is 19.8 Å². The van der Waals surface area contributed by atoms with Crippen molar-refractivity contribution in [1.82, 2.24) is 4.57 Å². The number of rotatable bonds is 6. The van der Waals surface area contributed by atoms with E-state index >= 15 is 0 Å². The molecule has 3 rings (SSSR count). The van der Waals surface area contributed by atoms with Gasteiger partial charge in [0.2, 0.25) is 0 Å². The maximum absolute atomic E-state index is 12.2. The highest BCUT2D eigenvalue weighted by atomic mass is 32.2. The number of benzene rings is 1. The van der Waals surface area contributed by atoms with E-state index in [1.54, 1.807) is 44.4 Å². The molecule has 0 radical (unpaired) electrons. The van der Waals surface area contributed by atoms with Crippen LogP contribution in [0.2, 0.25) is 0 Å². The van der Waals surface area contributed by atoms with Gasteiger partial charge in [-0.3, -0.25) is 4.79 Å². The van der Waals surface area contributed by atoms with Gasteiger partial charge in [-0.05, 0) is 43.0 Å². The summed E-state index contributed by atoms with van der Waals surface area (Å²) in [5, 5.41) is 0. The molecule has 2 N–H and O–H groups in total. The maximum atomic E-state index is 12.2. The van der Waals surface area contributed by atoms with Gasteiger partial charge in [0.1, 0.15) is 5.75 Å². The third-order valence-electron chi connectivity index (χ3n) is 4.38. The Labute approximate surface area is 147 Å². The standard InChI is InChI=1S/C18H22N2O4S/c1-3-25(22,23)14-6-7-17(24-11-12-4-5-12)15(9-14)13-8-16(19)18(21)20(2)10-13/h6-10,12H,3-5,11,19H2,1-2H3. The zero-order chi connectivity index (χ0) is 18.2. The first-order valence-electron chi connectivity index (χ1n) is 8.28. The van der Waals surface area contributed by atoms with Crippen LogP contribution in [0, 0.1) is 5.92 Å². The van der Waals surface area contributed by atoms with Gasteiger partial charge >= 0.3 is 0 Å². The van der Waals surface area contributed by atoms with Gasteiger partial charge in [0.15, 0.2) is 9.84 Å². The summed E-state index contributed by atoms with van der Waals surface area (Å²) in [6.45, 7) is 2.21. The molecule has 1 aliphatic rings. The highest BCUT2D eigenvalue weighted by Gasteiger charge is 2.23. The molecule has 7 heteroatoms. The fourth-order valence-corrected chi connectivity index (χ4v) is 3.50. The zero-order valence-electron chi connectivity index (χ0n) is 14.4. The van der Waals surface area contributed by atoms with Crippen LogP contribution in [0.4, 0.5) is 5.69 Å². The van der Waals surface area contributed by atoms with Crippen LogP contribution in [-0.2, 0) is 16.9 Å². The van der Waals surface area contributed by atoms with Crippen molar-refractivity contribution < 1.29 is 13.2 Å². The predicted molar refractivity (Wildman–Crippen MR) is 97.5 cm³/mol. The largest absolute Gasteiger partial charge is 0.493 e. The average Bonchev–Trinajstić information content (AvgIpc) is 3.41. The average molecular weight is 362 g/mol. The van der Waals surface area contributed by atoms with Gasteiger partial charge in [0.05, 0.1) is 22.9 Å². The van der Waals surface area contributed by atoms with Crippen molar-refractivity contribution in [3.05, 3.63) is 40.8 Å². The first-order valence-corrected chi connectivity index (χ1v) is 9.93. The Morgan fingerprint density at radius 2 is 2.00 bits per heavy atom. The van der Waals surface area contributed by atoms with Gasteiger partial charge in [-0.1, -0.05) is 6.92 Å². The molecule has 0 aliphatic heterocycles. The van der Waals surface area contributed by atoms with Gasteiger partial charge in [0, 0.05) is 24.4 Å². The van der Waals surface area contributed by atoms with Crippen molar-refractivity contribution in [2.75, 3.05) is 18.1 Å². The van der Waals surface area contributed by atoms with E-state index in [1.165, 1.54) is 4.57 Å². The molecule has 1 aromatic carbocycles. The second kappa shape index (κ2) is 6.55. The lowest BCUT2D eigenvalue weighted by atomic mass is 10.1. The van der Waals surface area contributed by atoms with Gasteiger partial charge in [-0.25, -0.2) is 8.42 Å². The molecule has 1 fully saturated rings. The molecule has 0 saturated heterocycles. The first kappa shape index (κ1) is 17.5. The number of nitrogens with two attached hydrogens (primary N) is 1. The van der Waals surface area contributed by atoms with Crippen molar-refractivity contribution in [2.24, 2.45) is 13.0 Å². The van der Waals surface area contributed by atoms with Crippen molar-refractivity contribution in [3.63, 3.8) is 0 Å². The van der Waals surface area contributed by atoms with Gasteiger partial charge in [-0.15, -0.1) is 0 Å². The Balaban J connectivity index is 2.12. The minimum Gasteiger partial charge on any atom is -0.493 e. The number of ether oxygens (including phenoxy) is 1. The zero-order valence-corrected chi connectivity index (χ0v) is 15.2. The van der Waals surface area contributed by atoms with E-state index in [0.717, 1.165) is 12.8 Å². The molecule has 134 valence electrons. The van der Waals surface area contributed by atoms with Crippen LogP contribution >= 0.6 is 0 Å². The monoisotopic (exact) mass is 362 g/mol. The molecule has 25 heavy (non-hydrogen) atoms. The Morgan fingerprint density at radius 1 is 1.28 bits per heavy atom. The minimum atomic E-state index is -3.35. The molecule has 1 saturated carbocycles. The molecule has 2 aromatic rings. The smallest absolute Gasteiger partial charge is 0.273 e. The van der Waals surface area contributed by atoms with Crippen LogP contribution in [-0.4, -0.2) is 25.3 Å². The molecule has 1 aliphatic carbocycles. The van der Waals surface area contributed by atoms with Crippen molar-refractivity contribution in [3.8, 4) is 16.9 Å². The molecule has 0 spiro atoms.